The number of hydrogen-bond acceptors (Lipinski definition) is 3. The first-order valence-corrected chi connectivity index (χ1v) is 6.50. The van der Waals surface area contributed by atoms with Crippen molar-refractivity contribution in [2.45, 2.75) is 20.4 Å². The lowest BCUT2D eigenvalue weighted by Crippen LogP contribution is -2.26. The van der Waals surface area contributed by atoms with Crippen molar-refractivity contribution in [3.63, 3.8) is 0 Å². The van der Waals surface area contributed by atoms with Crippen LogP contribution in [0.2, 0.25) is 0 Å². The van der Waals surface area contributed by atoms with Crippen LogP contribution in [0.1, 0.15) is 13.8 Å². The lowest BCUT2D eigenvalue weighted by molar-refractivity contribution is 0.278. The maximum absolute atomic E-state index is 13.3. The van der Waals surface area contributed by atoms with Gasteiger partial charge in [0, 0.05) is 26.2 Å². The topological polar surface area (TPSA) is 41.3 Å². The van der Waals surface area contributed by atoms with Gasteiger partial charge in [-0.2, -0.15) is 0 Å². The van der Waals surface area contributed by atoms with Crippen LogP contribution in [0.4, 0.5) is 10.3 Å². The van der Waals surface area contributed by atoms with Crippen molar-refractivity contribution < 1.29 is 9.50 Å². The quantitative estimate of drug-likeness (QED) is 0.901. The highest BCUT2D eigenvalue weighted by Gasteiger charge is 2.15. The molecule has 0 radical (unpaired) electrons. The molecule has 4 nitrogen and oxygen atoms in total. The van der Waals surface area contributed by atoms with Gasteiger partial charge in [-0.1, -0.05) is 13.8 Å². The van der Waals surface area contributed by atoms with Gasteiger partial charge in [0.05, 0.1) is 17.6 Å². The number of aromatic nitrogens is 2. The number of imidazole rings is 1. The number of halogens is 1. The van der Waals surface area contributed by atoms with Crippen molar-refractivity contribution in [2.24, 2.45) is 5.92 Å². The first-order chi connectivity index (χ1) is 9.02. The van der Waals surface area contributed by atoms with Crippen LogP contribution in [0.3, 0.4) is 0 Å². The Morgan fingerprint density at radius 1 is 1.42 bits per heavy atom. The summed E-state index contributed by atoms with van der Waals surface area (Å²) in [5.41, 5.74) is 1.47. The van der Waals surface area contributed by atoms with Gasteiger partial charge in [0.1, 0.15) is 5.82 Å². The smallest absolute Gasteiger partial charge is 0.206 e. The number of rotatable bonds is 5. The zero-order chi connectivity index (χ0) is 14.0. The molecule has 5 heteroatoms. The Bertz CT molecular complexity index is 565. The molecule has 0 aliphatic carbocycles. The van der Waals surface area contributed by atoms with Crippen LogP contribution in [0.25, 0.3) is 11.0 Å². The van der Waals surface area contributed by atoms with Gasteiger partial charge in [-0.3, -0.25) is 0 Å². The fraction of sp³-hybridized carbons (Fsp3) is 0.500. The van der Waals surface area contributed by atoms with Gasteiger partial charge in [0.15, 0.2) is 0 Å². The second-order valence-corrected chi connectivity index (χ2v) is 5.19. The van der Waals surface area contributed by atoms with Crippen molar-refractivity contribution in [2.75, 3.05) is 25.1 Å². The third-order valence-corrected chi connectivity index (χ3v) is 2.99. The molecule has 2 rings (SSSR count). The Balaban J connectivity index is 2.49. The van der Waals surface area contributed by atoms with E-state index in [0.717, 1.165) is 18.0 Å². The summed E-state index contributed by atoms with van der Waals surface area (Å²) in [6.45, 7) is 5.62. The molecule has 0 bridgehead atoms. The molecule has 0 spiro atoms. The number of aliphatic hydroxyl groups excluding tert-OH is 1. The van der Waals surface area contributed by atoms with Gasteiger partial charge in [-0.25, -0.2) is 9.37 Å². The molecular formula is C14H20FN3O. The zero-order valence-electron chi connectivity index (χ0n) is 11.6. The first-order valence-electron chi connectivity index (χ1n) is 6.50. The molecule has 0 aliphatic heterocycles. The second-order valence-electron chi connectivity index (χ2n) is 5.19. The molecule has 1 N–H and O–H groups in total. The normalized spacial score (nSPS) is 11.5. The van der Waals surface area contributed by atoms with E-state index in [1.165, 1.54) is 12.1 Å². The van der Waals surface area contributed by atoms with Crippen molar-refractivity contribution in [1.29, 1.82) is 0 Å². The van der Waals surface area contributed by atoms with E-state index < -0.39 is 0 Å². The molecular weight excluding hydrogens is 245 g/mol. The van der Waals surface area contributed by atoms with Crippen LogP contribution in [0.15, 0.2) is 18.2 Å². The van der Waals surface area contributed by atoms with Crippen molar-refractivity contribution >= 4 is 17.0 Å². The van der Waals surface area contributed by atoms with Gasteiger partial charge in [0.2, 0.25) is 5.95 Å². The summed E-state index contributed by atoms with van der Waals surface area (Å²) in [5.74, 6) is 0.978. The molecule has 19 heavy (non-hydrogen) atoms. The molecule has 0 fully saturated rings. The van der Waals surface area contributed by atoms with Crippen molar-refractivity contribution in [3.8, 4) is 0 Å². The van der Waals surface area contributed by atoms with Crippen LogP contribution >= 0.6 is 0 Å². The van der Waals surface area contributed by atoms with Gasteiger partial charge >= 0.3 is 0 Å². The summed E-state index contributed by atoms with van der Waals surface area (Å²) in [6.07, 6.45) is 0. The van der Waals surface area contributed by atoms with Crippen LogP contribution in [0, 0.1) is 11.7 Å². The molecule has 0 atom stereocenters. The maximum Gasteiger partial charge on any atom is 0.206 e. The number of fused-ring (bicyclic) bond motifs is 1. The largest absolute Gasteiger partial charge is 0.395 e. The third-order valence-electron chi connectivity index (χ3n) is 2.99. The number of nitrogens with zero attached hydrogens (tertiary/aromatic N) is 3. The minimum absolute atomic E-state index is 0.0331. The van der Waals surface area contributed by atoms with Crippen molar-refractivity contribution in [3.05, 3.63) is 24.0 Å². The Morgan fingerprint density at radius 3 is 2.79 bits per heavy atom. The molecule has 104 valence electrons. The van der Waals surface area contributed by atoms with E-state index in [2.05, 4.69) is 18.8 Å². The van der Waals surface area contributed by atoms with Crippen LogP contribution in [-0.2, 0) is 6.54 Å². The Hall–Kier alpha value is -1.62. The zero-order valence-corrected chi connectivity index (χ0v) is 11.6. The van der Waals surface area contributed by atoms with Crippen molar-refractivity contribution in [1.82, 2.24) is 9.55 Å². The predicted molar refractivity (Wildman–Crippen MR) is 74.9 cm³/mol. The Labute approximate surface area is 112 Å². The first kappa shape index (κ1) is 13.8. The van der Waals surface area contributed by atoms with E-state index in [1.807, 2.05) is 16.5 Å². The van der Waals surface area contributed by atoms with E-state index in [0.29, 0.717) is 18.0 Å². The summed E-state index contributed by atoms with van der Waals surface area (Å²) in [6, 6.07) is 4.56. The van der Waals surface area contributed by atoms with E-state index in [9.17, 15) is 9.50 Å². The van der Waals surface area contributed by atoms with Crippen LogP contribution in [0.5, 0.6) is 0 Å². The summed E-state index contributed by atoms with van der Waals surface area (Å²) in [4.78, 5) is 6.52. The molecule has 0 aliphatic rings. The number of hydrogen-bond donors (Lipinski definition) is 1. The lowest BCUT2D eigenvalue weighted by atomic mass is 10.2. The van der Waals surface area contributed by atoms with E-state index >= 15 is 0 Å². The van der Waals surface area contributed by atoms with Gasteiger partial charge in [-0.15, -0.1) is 0 Å². The second kappa shape index (κ2) is 5.57. The minimum Gasteiger partial charge on any atom is -0.395 e. The number of benzene rings is 1. The van der Waals surface area contributed by atoms with E-state index in [4.69, 9.17) is 0 Å². The SMILES string of the molecule is CC(C)CN(C)c1nc2cc(F)ccc2n1CCO. The van der Waals surface area contributed by atoms with Crippen LogP contribution in [-0.4, -0.2) is 34.9 Å². The molecule has 1 heterocycles. The standard InChI is InChI=1S/C14H20FN3O/c1-10(2)9-17(3)14-16-12-8-11(15)4-5-13(12)18(14)6-7-19/h4-5,8,10,19H,6-7,9H2,1-3H3. The highest BCUT2D eigenvalue weighted by atomic mass is 19.1. The highest BCUT2D eigenvalue weighted by Crippen LogP contribution is 2.23. The lowest BCUT2D eigenvalue weighted by Gasteiger charge is -2.21. The molecule has 1 aromatic carbocycles. The molecule has 0 saturated heterocycles. The predicted octanol–water partition coefficient (Wildman–Crippen LogP) is 2.26. The number of aliphatic hydroxyl groups is 1. The van der Waals surface area contributed by atoms with E-state index in [-0.39, 0.29) is 12.4 Å². The molecule has 0 saturated carbocycles. The maximum atomic E-state index is 13.3. The van der Waals surface area contributed by atoms with Crippen LogP contribution < -0.4 is 4.90 Å². The minimum atomic E-state index is -0.292. The van der Waals surface area contributed by atoms with Gasteiger partial charge < -0.3 is 14.6 Å². The summed E-state index contributed by atoms with van der Waals surface area (Å²) in [7, 11) is 1.96. The Kier molecular flexibility index (Phi) is 4.04. The summed E-state index contributed by atoms with van der Waals surface area (Å²) >= 11 is 0. The highest BCUT2D eigenvalue weighted by molar-refractivity contribution is 5.79. The average molecular weight is 265 g/mol. The molecule has 0 unspecified atom stereocenters. The fourth-order valence-electron chi connectivity index (χ4n) is 2.33. The molecule has 0 amide bonds. The Morgan fingerprint density at radius 2 is 2.16 bits per heavy atom. The summed E-state index contributed by atoms with van der Waals surface area (Å²) < 4.78 is 15.2. The van der Waals surface area contributed by atoms with Gasteiger partial charge in [-0.05, 0) is 18.1 Å². The van der Waals surface area contributed by atoms with E-state index in [1.54, 1.807) is 6.07 Å². The monoisotopic (exact) mass is 265 g/mol. The molecule has 2 aromatic rings. The summed E-state index contributed by atoms with van der Waals surface area (Å²) in [5, 5.41) is 9.20. The third kappa shape index (κ3) is 2.87. The van der Waals surface area contributed by atoms with Gasteiger partial charge in [0.25, 0.3) is 0 Å². The fourth-order valence-corrected chi connectivity index (χ4v) is 2.33. The average Bonchev–Trinajstić information content (AvgIpc) is 2.67. The molecule has 1 aromatic heterocycles. The number of anilines is 1.